The number of rotatable bonds is 6. The second-order valence-corrected chi connectivity index (χ2v) is 7.00. The number of ether oxygens (including phenoxy) is 1. The first-order valence-corrected chi connectivity index (χ1v) is 9.17. The molecule has 0 saturated carbocycles. The number of anilines is 1. The van der Waals surface area contributed by atoms with Crippen LogP contribution in [-0.4, -0.2) is 17.4 Å². The van der Waals surface area contributed by atoms with Crippen LogP contribution in [0.3, 0.4) is 0 Å². The van der Waals surface area contributed by atoms with Gasteiger partial charge in [-0.15, -0.1) is 6.42 Å². The molecule has 2 rings (SSSR count). The van der Waals surface area contributed by atoms with Crippen molar-refractivity contribution in [2.24, 2.45) is 0 Å². The van der Waals surface area contributed by atoms with Gasteiger partial charge in [0.15, 0.2) is 0 Å². The third kappa shape index (κ3) is 5.43. The second kappa shape index (κ2) is 9.70. The zero-order chi connectivity index (χ0) is 20.7. The van der Waals surface area contributed by atoms with Crippen molar-refractivity contribution >= 4 is 55.2 Å². The van der Waals surface area contributed by atoms with E-state index in [-0.39, 0.29) is 23.6 Å². The monoisotopic (exact) mass is 503 g/mol. The van der Waals surface area contributed by atoms with E-state index >= 15 is 0 Å². The number of terminal acetylenes is 1. The fraction of sp³-hybridized carbons (Fsp3) is 0.0526. The van der Waals surface area contributed by atoms with E-state index in [1.54, 1.807) is 12.1 Å². The summed E-state index contributed by atoms with van der Waals surface area (Å²) in [6.45, 7) is 0.00282. The summed E-state index contributed by atoms with van der Waals surface area (Å²) in [6, 6.07) is 10.6. The number of nitrogens with zero attached hydrogens (tertiary/aromatic N) is 2. The molecule has 1 amide bonds. The topological polar surface area (TPSA) is 105 Å². The summed E-state index contributed by atoms with van der Waals surface area (Å²) >= 11 is 6.69. The Morgan fingerprint density at radius 3 is 2.75 bits per heavy atom. The average Bonchev–Trinajstić information content (AvgIpc) is 2.65. The molecule has 0 bridgehead atoms. The SMILES string of the molecule is C#CCOc1c(Br)cc(Br)cc1/C=C(\C#N)C(=O)Nc1cccc([N+](=O)[O-])c1. The van der Waals surface area contributed by atoms with E-state index in [0.717, 1.165) is 0 Å². The Morgan fingerprint density at radius 1 is 1.36 bits per heavy atom. The highest BCUT2D eigenvalue weighted by atomic mass is 79.9. The fourth-order valence-electron chi connectivity index (χ4n) is 2.15. The van der Waals surface area contributed by atoms with Gasteiger partial charge in [-0.1, -0.05) is 27.9 Å². The number of nitro benzene ring substituents is 1. The lowest BCUT2D eigenvalue weighted by molar-refractivity contribution is -0.384. The summed E-state index contributed by atoms with van der Waals surface area (Å²) in [4.78, 5) is 22.7. The van der Waals surface area contributed by atoms with E-state index in [1.807, 2.05) is 6.07 Å². The summed E-state index contributed by atoms with van der Waals surface area (Å²) in [6.07, 6.45) is 6.56. The number of carbonyl (C=O) groups excluding carboxylic acids is 1. The van der Waals surface area contributed by atoms with Gasteiger partial charge in [0.05, 0.1) is 9.40 Å². The zero-order valence-electron chi connectivity index (χ0n) is 14.1. The van der Waals surface area contributed by atoms with Gasteiger partial charge in [0, 0.05) is 27.9 Å². The van der Waals surface area contributed by atoms with E-state index in [0.29, 0.717) is 20.3 Å². The molecule has 28 heavy (non-hydrogen) atoms. The highest BCUT2D eigenvalue weighted by Crippen LogP contribution is 2.34. The first-order chi connectivity index (χ1) is 13.3. The van der Waals surface area contributed by atoms with Gasteiger partial charge < -0.3 is 10.1 Å². The predicted molar refractivity (Wildman–Crippen MR) is 111 cm³/mol. The van der Waals surface area contributed by atoms with E-state index in [2.05, 4.69) is 43.1 Å². The van der Waals surface area contributed by atoms with Gasteiger partial charge in [-0.25, -0.2) is 0 Å². The smallest absolute Gasteiger partial charge is 0.271 e. The lowest BCUT2D eigenvalue weighted by atomic mass is 10.1. The van der Waals surface area contributed by atoms with Crippen molar-refractivity contribution in [3.05, 3.63) is 66.6 Å². The van der Waals surface area contributed by atoms with Crippen LogP contribution in [0.25, 0.3) is 6.08 Å². The van der Waals surface area contributed by atoms with E-state index in [4.69, 9.17) is 11.2 Å². The minimum atomic E-state index is -0.720. The molecule has 0 aromatic heterocycles. The van der Waals surface area contributed by atoms with Crippen LogP contribution in [0.1, 0.15) is 5.56 Å². The van der Waals surface area contributed by atoms with Crippen molar-refractivity contribution in [3.63, 3.8) is 0 Å². The Labute approximate surface area is 177 Å². The highest BCUT2D eigenvalue weighted by molar-refractivity contribution is 9.11. The molecule has 140 valence electrons. The molecule has 0 aliphatic heterocycles. The van der Waals surface area contributed by atoms with Crippen LogP contribution in [0.15, 0.2) is 50.9 Å². The van der Waals surface area contributed by atoms with Crippen LogP contribution in [0.5, 0.6) is 5.75 Å². The molecule has 9 heteroatoms. The second-order valence-electron chi connectivity index (χ2n) is 5.23. The molecule has 0 aliphatic carbocycles. The number of benzene rings is 2. The number of nitro groups is 1. The molecule has 0 atom stereocenters. The Balaban J connectivity index is 2.37. The Kier molecular flexibility index (Phi) is 7.33. The quantitative estimate of drug-likeness (QED) is 0.202. The molecule has 0 spiro atoms. The maximum Gasteiger partial charge on any atom is 0.271 e. The van der Waals surface area contributed by atoms with Crippen molar-refractivity contribution < 1.29 is 14.5 Å². The molecular formula is C19H11Br2N3O4. The van der Waals surface area contributed by atoms with Gasteiger partial charge in [0.1, 0.15) is 24.0 Å². The number of nitriles is 1. The third-order valence-electron chi connectivity index (χ3n) is 3.32. The average molecular weight is 505 g/mol. The van der Waals surface area contributed by atoms with Crippen molar-refractivity contribution in [1.82, 2.24) is 0 Å². The molecular weight excluding hydrogens is 494 g/mol. The standard InChI is InChI=1S/C19H11Br2N3O4/c1-2-6-28-18-12(8-14(20)9-17(18)21)7-13(11-22)19(25)23-15-4-3-5-16(10-15)24(26)27/h1,3-5,7-10H,6H2,(H,23,25)/b13-7+. The molecule has 0 fully saturated rings. The van der Waals surface area contributed by atoms with Gasteiger partial charge in [-0.05, 0) is 40.2 Å². The summed E-state index contributed by atoms with van der Waals surface area (Å²) in [5.74, 6) is 2.00. The van der Waals surface area contributed by atoms with E-state index in [9.17, 15) is 20.2 Å². The molecule has 0 saturated heterocycles. The highest BCUT2D eigenvalue weighted by Gasteiger charge is 2.15. The number of halogens is 2. The van der Waals surface area contributed by atoms with Gasteiger partial charge in [-0.3, -0.25) is 14.9 Å². The number of hydrogen-bond donors (Lipinski definition) is 1. The number of non-ortho nitro benzene ring substituents is 1. The summed E-state index contributed by atoms with van der Waals surface area (Å²) in [7, 11) is 0. The molecule has 0 heterocycles. The van der Waals surface area contributed by atoms with Gasteiger partial charge >= 0.3 is 0 Å². The number of amides is 1. The molecule has 0 aliphatic rings. The van der Waals surface area contributed by atoms with Crippen LogP contribution in [0, 0.1) is 33.8 Å². The van der Waals surface area contributed by atoms with Crippen molar-refractivity contribution in [3.8, 4) is 24.2 Å². The van der Waals surface area contributed by atoms with Crippen molar-refractivity contribution in [1.29, 1.82) is 5.26 Å². The molecule has 7 nitrogen and oxygen atoms in total. The van der Waals surface area contributed by atoms with Crippen LogP contribution < -0.4 is 10.1 Å². The van der Waals surface area contributed by atoms with Gasteiger partial charge in [0.2, 0.25) is 0 Å². The Bertz CT molecular complexity index is 1050. The predicted octanol–water partition coefficient (Wildman–Crippen LogP) is 4.68. The van der Waals surface area contributed by atoms with Crippen molar-refractivity contribution in [2.75, 3.05) is 11.9 Å². The maximum absolute atomic E-state index is 12.5. The normalized spacial score (nSPS) is 10.5. The van der Waals surface area contributed by atoms with Gasteiger partial charge in [0.25, 0.3) is 11.6 Å². The number of carbonyl (C=O) groups is 1. The molecule has 2 aromatic carbocycles. The lowest BCUT2D eigenvalue weighted by Crippen LogP contribution is -2.13. The Hall–Kier alpha value is -3.14. The maximum atomic E-state index is 12.5. The molecule has 2 aromatic rings. The van der Waals surface area contributed by atoms with Crippen LogP contribution in [0.4, 0.5) is 11.4 Å². The van der Waals surface area contributed by atoms with E-state index in [1.165, 1.54) is 30.3 Å². The molecule has 0 unspecified atom stereocenters. The minimum Gasteiger partial charge on any atom is -0.479 e. The van der Waals surface area contributed by atoms with E-state index < -0.39 is 10.8 Å². The minimum absolute atomic E-state index is 0.00282. The molecule has 0 radical (unpaired) electrons. The fourth-order valence-corrected chi connectivity index (χ4v) is 3.53. The largest absolute Gasteiger partial charge is 0.479 e. The van der Waals surface area contributed by atoms with Crippen LogP contribution in [-0.2, 0) is 4.79 Å². The summed E-state index contributed by atoms with van der Waals surface area (Å²) < 4.78 is 6.77. The van der Waals surface area contributed by atoms with Gasteiger partial charge in [-0.2, -0.15) is 5.26 Å². The summed E-state index contributed by atoms with van der Waals surface area (Å²) in [5.41, 5.74) is 0.241. The first-order valence-electron chi connectivity index (χ1n) is 7.58. The lowest BCUT2D eigenvalue weighted by Gasteiger charge is -2.11. The first kappa shape index (κ1) is 21.2. The van der Waals surface area contributed by atoms with Crippen LogP contribution in [0.2, 0.25) is 0 Å². The number of nitrogens with one attached hydrogen (secondary N) is 1. The number of hydrogen-bond acceptors (Lipinski definition) is 5. The van der Waals surface area contributed by atoms with Crippen LogP contribution >= 0.6 is 31.9 Å². The Morgan fingerprint density at radius 2 is 2.11 bits per heavy atom. The third-order valence-corrected chi connectivity index (χ3v) is 4.36. The van der Waals surface area contributed by atoms with Crippen molar-refractivity contribution in [2.45, 2.75) is 0 Å². The zero-order valence-corrected chi connectivity index (χ0v) is 17.3. The summed E-state index contributed by atoms with van der Waals surface area (Å²) in [5, 5.41) is 22.7. The molecule has 1 N–H and O–H groups in total.